The normalized spacial score (nSPS) is 10.8. The van der Waals surface area contributed by atoms with Crippen molar-refractivity contribution >= 4 is 23.6 Å². The van der Waals surface area contributed by atoms with Gasteiger partial charge in [-0.1, -0.05) is 60.7 Å². The summed E-state index contributed by atoms with van der Waals surface area (Å²) in [6.45, 7) is 0.134. The van der Waals surface area contributed by atoms with Crippen LogP contribution in [0.25, 0.3) is 17.3 Å². The third kappa shape index (κ3) is 6.85. The van der Waals surface area contributed by atoms with Crippen LogP contribution >= 0.6 is 0 Å². The third-order valence-electron chi connectivity index (χ3n) is 5.45. The number of benzene rings is 3. The van der Waals surface area contributed by atoms with Crippen LogP contribution in [0.3, 0.4) is 0 Å². The van der Waals surface area contributed by atoms with E-state index >= 15 is 0 Å². The minimum absolute atomic E-state index is 0.414. The van der Waals surface area contributed by atoms with Gasteiger partial charge >= 0.3 is 5.97 Å². The molecule has 1 N–H and O–H groups in total. The first kappa shape index (κ1) is 25.2. The largest absolute Gasteiger partial charge is 0.497 e. The highest BCUT2D eigenvalue weighted by molar-refractivity contribution is 5.96. The molecular weight excluding hydrogens is 470 g/mol. The van der Waals surface area contributed by atoms with Gasteiger partial charge in [0.2, 0.25) is 0 Å². The molecule has 0 saturated carbocycles. The lowest BCUT2D eigenvalue weighted by atomic mass is 10.1. The van der Waals surface area contributed by atoms with Crippen molar-refractivity contribution in [3.63, 3.8) is 0 Å². The fraction of sp³-hybridized carbons (Fsp3) is 0.138. The van der Waals surface area contributed by atoms with Gasteiger partial charge in [0.15, 0.2) is 6.61 Å². The zero-order valence-corrected chi connectivity index (χ0v) is 20.6. The maximum Gasteiger partial charge on any atom is 0.331 e. The Bertz CT molecular complexity index is 1380. The molecule has 0 radical (unpaired) electrons. The molecule has 0 aliphatic rings. The third-order valence-corrected chi connectivity index (χ3v) is 5.45. The van der Waals surface area contributed by atoms with E-state index < -0.39 is 18.5 Å². The highest BCUT2D eigenvalue weighted by Crippen LogP contribution is 2.29. The second kappa shape index (κ2) is 12.2. The van der Waals surface area contributed by atoms with E-state index in [1.807, 2.05) is 71.5 Å². The van der Waals surface area contributed by atoms with Crippen molar-refractivity contribution in [2.45, 2.75) is 6.54 Å². The van der Waals surface area contributed by atoms with E-state index in [2.05, 4.69) is 5.32 Å². The molecule has 0 spiro atoms. The molecule has 4 aromatic rings. The summed E-state index contributed by atoms with van der Waals surface area (Å²) in [5, 5.41) is 7.40. The quantitative estimate of drug-likeness (QED) is 0.250. The summed E-state index contributed by atoms with van der Waals surface area (Å²) in [5.74, 6) is -0.143. The van der Waals surface area contributed by atoms with Crippen LogP contribution < -0.4 is 14.8 Å². The van der Waals surface area contributed by atoms with Crippen molar-refractivity contribution in [1.82, 2.24) is 9.78 Å². The van der Waals surface area contributed by atoms with Gasteiger partial charge in [0, 0.05) is 29.5 Å². The fourth-order valence-corrected chi connectivity index (χ4v) is 3.67. The molecule has 8 nitrogen and oxygen atoms in total. The van der Waals surface area contributed by atoms with Gasteiger partial charge in [0.1, 0.15) is 11.5 Å². The monoisotopic (exact) mass is 497 g/mol. The molecule has 0 aliphatic heterocycles. The van der Waals surface area contributed by atoms with E-state index in [-0.39, 0.29) is 0 Å². The molecule has 1 heterocycles. The van der Waals surface area contributed by atoms with Crippen LogP contribution in [0.4, 0.5) is 5.69 Å². The smallest absolute Gasteiger partial charge is 0.331 e. The predicted octanol–water partition coefficient (Wildman–Crippen LogP) is 4.81. The van der Waals surface area contributed by atoms with E-state index in [1.54, 1.807) is 24.3 Å². The number of esters is 1. The number of anilines is 1. The fourth-order valence-electron chi connectivity index (χ4n) is 3.67. The van der Waals surface area contributed by atoms with Gasteiger partial charge in [-0.15, -0.1) is 0 Å². The van der Waals surface area contributed by atoms with Crippen molar-refractivity contribution < 1.29 is 23.8 Å². The van der Waals surface area contributed by atoms with Gasteiger partial charge < -0.3 is 19.5 Å². The summed E-state index contributed by atoms with van der Waals surface area (Å²) < 4.78 is 17.4. The van der Waals surface area contributed by atoms with Crippen LogP contribution in [-0.2, 0) is 20.9 Å². The van der Waals surface area contributed by atoms with Crippen molar-refractivity contribution in [3.8, 4) is 22.8 Å². The Labute approximate surface area is 215 Å². The van der Waals surface area contributed by atoms with Gasteiger partial charge in [-0.3, -0.25) is 9.48 Å². The SMILES string of the molecule is COc1ccc(OC)c(NC(=O)COC(=O)/C=C/c2cn(Cc3ccccc3)nc2-c2ccccc2)c1. The molecule has 0 bridgehead atoms. The summed E-state index contributed by atoms with van der Waals surface area (Å²) in [7, 11) is 3.02. The van der Waals surface area contributed by atoms with Gasteiger partial charge in [0.25, 0.3) is 5.91 Å². The highest BCUT2D eigenvalue weighted by atomic mass is 16.5. The minimum atomic E-state index is -0.650. The standard InChI is InChI=1S/C29H27N3O5/c1-35-24-14-15-26(36-2)25(17-24)30-27(33)20-37-28(34)16-13-23-19-32(18-21-9-5-3-6-10-21)31-29(23)22-11-7-4-8-12-22/h3-17,19H,18,20H2,1-2H3,(H,30,33)/b16-13+. The first-order valence-electron chi connectivity index (χ1n) is 11.6. The topological polar surface area (TPSA) is 91.7 Å². The number of amides is 1. The molecule has 188 valence electrons. The van der Waals surface area contributed by atoms with E-state index in [1.165, 1.54) is 20.3 Å². The summed E-state index contributed by atoms with van der Waals surface area (Å²) in [6, 6.07) is 24.7. The summed E-state index contributed by atoms with van der Waals surface area (Å²) >= 11 is 0. The lowest BCUT2D eigenvalue weighted by Crippen LogP contribution is -2.20. The number of rotatable bonds is 10. The van der Waals surface area contributed by atoms with Crippen LogP contribution in [0, 0.1) is 0 Å². The van der Waals surface area contributed by atoms with E-state index in [0.717, 1.165) is 22.4 Å². The Morgan fingerprint density at radius 3 is 2.38 bits per heavy atom. The van der Waals surface area contributed by atoms with Crippen LogP contribution in [-0.4, -0.2) is 42.5 Å². The molecule has 1 aromatic heterocycles. The summed E-state index contributed by atoms with van der Waals surface area (Å²) in [4.78, 5) is 24.7. The maximum atomic E-state index is 12.4. The van der Waals surface area contributed by atoms with Crippen molar-refractivity contribution in [2.24, 2.45) is 0 Å². The summed E-state index contributed by atoms with van der Waals surface area (Å²) in [5.41, 5.74) is 3.94. The lowest BCUT2D eigenvalue weighted by molar-refractivity contribution is -0.142. The number of ether oxygens (including phenoxy) is 3. The van der Waals surface area contributed by atoms with Gasteiger partial charge in [-0.05, 0) is 23.8 Å². The average Bonchev–Trinajstić information content (AvgIpc) is 3.34. The number of aromatic nitrogens is 2. The molecule has 0 atom stereocenters. The second-order valence-corrected chi connectivity index (χ2v) is 8.04. The molecule has 4 rings (SSSR count). The molecule has 37 heavy (non-hydrogen) atoms. The van der Waals surface area contributed by atoms with E-state index in [0.29, 0.717) is 23.7 Å². The predicted molar refractivity (Wildman–Crippen MR) is 141 cm³/mol. The average molecular weight is 498 g/mol. The van der Waals surface area contributed by atoms with E-state index in [9.17, 15) is 9.59 Å². The second-order valence-electron chi connectivity index (χ2n) is 8.04. The molecular formula is C29H27N3O5. The van der Waals surface area contributed by atoms with Gasteiger partial charge in [-0.2, -0.15) is 5.10 Å². The molecule has 0 unspecified atom stereocenters. The molecule has 3 aromatic carbocycles. The molecule has 0 aliphatic carbocycles. The van der Waals surface area contributed by atoms with Crippen molar-refractivity contribution in [3.05, 3.63) is 102 Å². The zero-order chi connectivity index (χ0) is 26.0. The number of hydrogen-bond acceptors (Lipinski definition) is 6. The lowest BCUT2D eigenvalue weighted by Gasteiger charge is -2.11. The van der Waals surface area contributed by atoms with E-state index in [4.69, 9.17) is 19.3 Å². The van der Waals surface area contributed by atoms with Crippen LogP contribution in [0.5, 0.6) is 11.5 Å². The summed E-state index contributed by atoms with van der Waals surface area (Å²) in [6.07, 6.45) is 4.80. The Balaban J connectivity index is 1.43. The van der Waals surface area contributed by atoms with Crippen LogP contribution in [0.2, 0.25) is 0 Å². The van der Waals surface area contributed by atoms with Crippen molar-refractivity contribution in [2.75, 3.05) is 26.1 Å². The Hall–Kier alpha value is -4.85. The number of nitrogens with one attached hydrogen (secondary N) is 1. The molecule has 0 saturated heterocycles. The Morgan fingerprint density at radius 1 is 0.946 bits per heavy atom. The number of carbonyl (C=O) groups excluding carboxylic acids is 2. The highest BCUT2D eigenvalue weighted by Gasteiger charge is 2.13. The minimum Gasteiger partial charge on any atom is -0.497 e. The number of carbonyl (C=O) groups is 2. The molecule has 1 amide bonds. The van der Waals surface area contributed by atoms with Crippen molar-refractivity contribution in [1.29, 1.82) is 0 Å². The molecule has 8 heteroatoms. The first-order chi connectivity index (χ1) is 18.1. The van der Waals surface area contributed by atoms with Crippen LogP contribution in [0.1, 0.15) is 11.1 Å². The number of methoxy groups -OCH3 is 2. The number of nitrogens with zero attached hydrogens (tertiary/aromatic N) is 2. The Morgan fingerprint density at radius 2 is 1.68 bits per heavy atom. The zero-order valence-electron chi connectivity index (χ0n) is 20.6. The van der Waals surface area contributed by atoms with Crippen LogP contribution in [0.15, 0.2) is 91.1 Å². The number of hydrogen-bond donors (Lipinski definition) is 1. The molecule has 0 fully saturated rings. The van der Waals surface area contributed by atoms with Gasteiger partial charge in [-0.25, -0.2) is 4.79 Å². The van der Waals surface area contributed by atoms with Gasteiger partial charge in [0.05, 0.1) is 32.1 Å². The Kier molecular flexibility index (Phi) is 8.33. The first-order valence-corrected chi connectivity index (χ1v) is 11.6. The maximum absolute atomic E-state index is 12.4.